The van der Waals surface area contributed by atoms with E-state index in [9.17, 15) is 18.3 Å². The van der Waals surface area contributed by atoms with Gasteiger partial charge in [-0.1, -0.05) is 0 Å². The van der Waals surface area contributed by atoms with Gasteiger partial charge in [-0.2, -0.15) is 17.0 Å². The van der Waals surface area contributed by atoms with Crippen LogP contribution in [0.3, 0.4) is 0 Å². The van der Waals surface area contributed by atoms with Crippen molar-refractivity contribution in [3.8, 4) is 0 Å². The van der Waals surface area contributed by atoms with Crippen LogP contribution >= 0.6 is 0 Å². The zero-order valence-electron chi connectivity index (χ0n) is 10.0. The first-order valence-electron chi connectivity index (χ1n) is 6.10. The van der Waals surface area contributed by atoms with Crippen molar-refractivity contribution >= 4 is 16.2 Å². The highest BCUT2D eigenvalue weighted by atomic mass is 32.2. The standard InChI is InChI=1S/C10H18N2O5S/c13-8-4-6-11(7-8)18(16,17)12-5-2-1-3-9(12)10(14)15/h8-9,13H,1-7H2,(H,14,15)/t8-,9?/m0/s1. The summed E-state index contributed by atoms with van der Waals surface area (Å²) in [6, 6.07) is -0.971. The van der Waals surface area contributed by atoms with Gasteiger partial charge in [0.15, 0.2) is 0 Å². The van der Waals surface area contributed by atoms with Crippen molar-refractivity contribution in [2.45, 2.75) is 37.8 Å². The molecule has 0 amide bonds. The summed E-state index contributed by atoms with van der Waals surface area (Å²) < 4.78 is 26.9. The van der Waals surface area contributed by atoms with Crippen molar-refractivity contribution in [1.29, 1.82) is 0 Å². The van der Waals surface area contributed by atoms with E-state index in [1.165, 1.54) is 4.31 Å². The zero-order chi connectivity index (χ0) is 13.3. The monoisotopic (exact) mass is 278 g/mol. The number of hydrogen-bond donors (Lipinski definition) is 2. The number of nitrogens with zero attached hydrogens (tertiary/aromatic N) is 2. The van der Waals surface area contributed by atoms with Gasteiger partial charge in [0.2, 0.25) is 0 Å². The van der Waals surface area contributed by atoms with Gasteiger partial charge in [0.05, 0.1) is 6.10 Å². The van der Waals surface area contributed by atoms with E-state index >= 15 is 0 Å². The molecule has 8 heteroatoms. The highest BCUT2D eigenvalue weighted by Gasteiger charge is 2.41. The van der Waals surface area contributed by atoms with Gasteiger partial charge >= 0.3 is 5.97 Å². The fourth-order valence-corrected chi connectivity index (χ4v) is 4.37. The summed E-state index contributed by atoms with van der Waals surface area (Å²) in [7, 11) is -3.76. The molecular weight excluding hydrogens is 260 g/mol. The molecule has 2 N–H and O–H groups in total. The van der Waals surface area contributed by atoms with Crippen LogP contribution in [0.25, 0.3) is 0 Å². The minimum absolute atomic E-state index is 0.0607. The van der Waals surface area contributed by atoms with Gasteiger partial charge < -0.3 is 10.2 Å². The summed E-state index contributed by atoms with van der Waals surface area (Å²) in [5.74, 6) is -1.10. The average Bonchev–Trinajstić information content (AvgIpc) is 2.76. The SMILES string of the molecule is O=C(O)C1CCCCN1S(=O)(=O)N1CC[C@H](O)C1. The van der Waals surface area contributed by atoms with E-state index in [0.717, 1.165) is 10.7 Å². The van der Waals surface area contributed by atoms with Crippen LogP contribution in [0.4, 0.5) is 0 Å². The Bertz CT molecular complexity index is 424. The summed E-state index contributed by atoms with van der Waals surface area (Å²) in [6.07, 6.45) is 1.52. The van der Waals surface area contributed by atoms with E-state index in [1.54, 1.807) is 0 Å². The van der Waals surface area contributed by atoms with Gasteiger partial charge in [0, 0.05) is 19.6 Å². The Balaban J connectivity index is 2.19. The number of aliphatic hydroxyl groups is 1. The third-order valence-electron chi connectivity index (χ3n) is 3.49. The molecule has 0 radical (unpaired) electrons. The molecule has 2 atom stereocenters. The number of rotatable bonds is 3. The molecule has 0 spiro atoms. The van der Waals surface area contributed by atoms with Crippen LogP contribution in [0.15, 0.2) is 0 Å². The fraction of sp³-hybridized carbons (Fsp3) is 0.900. The lowest BCUT2D eigenvalue weighted by molar-refractivity contribution is -0.142. The quantitative estimate of drug-likeness (QED) is 0.707. The molecule has 18 heavy (non-hydrogen) atoms. The average molecular weight is 278 g/mol. The van der Waals surface area contributed by atoms with Gasteiger partial charge in [-0.05, 0) is 25.7 Å². The summed E-state index contributed by atoms with van der Waals surface area (Å²) >= 11 is 0. The van der Waals surface area contributed by atoms with Gasteiger partial charge in [0.25, 0.3) is 10.2 Å². The molecule has 104 valence electrons. The van der Waals surface area contributed by atoms with Crippen molar-refractivity contribution in [1.82, 2.24) is 8.61 Å². The molecule has 2 heterocycles. The van der Waals surface area contributed by atoms with E-state index in [4.69, 9.17) is 5.11 Å². The molecule has 2 rings (SSSR count). The van der Waals surface area contributed by atoms with Crippen molar-refractivity contribution in [3.05, 3.63) is 0 Å². The van der Waals surface area contributed by atoms with Gasteiger partial charge in [-0.25, -0.2) is 0 Å². The second-order valence-electron chi connectivity index (χ2n) is 4.77. The van der Waals surface area contributed by atoms with Crippen LogP contribution < -0.4 is 0 Å². The summed E-state index contributed by atoms with van der Waals surface area (Å²) in [6.45, 7) is 0.559. The Kier molecular flexibility index (Phi) is 3.90. The number of aliphatic hydroxyl groups excluding tert-OH is 1. The molecular formula is C10H18N2O5S. The smallest absolute Gasteiger partial charge is 0.322 e. The highest BCUT2D eigenvalue weighted by molar-refractivity contribution is 7.86. The van der Waals surface area contributed by atoms with Gasteiger partial charge in [-0.15, -0.1) is 0 Å². The Morgan fingerprint density at radius 2 is 1.89 bits per heavy atom. The van der Waals surface area contributed by atoms with Crippen molar-refractivity contribution in [3.63, 3.8) is 0 Å². The predicted molar refractivity (Wildman–Crippen MR) is 63.1 cm³/mol. The lowest BCUT2D eigenvalue weighted by atomic mass is 10.1. The maximum Gasteiger partial charge on any atom is 0.322 e. The van der Waals surface area contributed by atoms with Crippen LogP contribution in [-0.4, -0.2) is 65.0 Å². The summed E-state index contributed by atoms with van der Waals surface area (Å²) in [5.41, 5.74) is 0. The van der Waals surface area contributed by atoms with Crippen molar-refractivity contribution < 1.29 is 23.4 Å². The molecule has 0 aromatic carbocycles. The number of piperidine rings is 1. The first kappa shape index (κ1) is 13.7. The first-order valence-corrected chi connectivity index (χ1v) is 7.50. The second-order valence-corrected chi connectivity index (χ2v) is 6.65. The minimum Gasteiger partial charge on any atom is -0.480 e. The van der Waals surface area contributed by atoms with Gasteiger partial charge in [-0.3, -0.25) is 4.79 Å². The third kappa shape index (κ3) is 2.51. The lowest BCUT2D eigenvalue weighted by Gasteiger charge is -2.34. The molecule has 2 fully saturated rings. The summed E-state index contributed by atoms with van der Waals surface area (Å²) in [5, 5.41) is 18.5. The van der Waals surface area contributed by atoms with Gasteiger partial charge in [0.1, 0.15) is 6.04 Å². The molecule has 0 aromatic rings. The Labute approximate surface area is 106 Å². The van der Waals surface area contributed by atoms with Crippen molar-refractivity contribution in [2.75, 3.05) is 19.6 Å². The molecule has 2 aliphatic rings. The van der Waals surface area contributed by atoms with E-state index in [2.05, 4.69) is 0 Å². The number of carboxylic acids is 1. The van der Waals surface area contributed by atoms with E-state index in [0.29, 0.717) is 19.3 Å². The number of β-amino-alcohol motifs (C(OH)–C–C–N with tert-alkyl or cyclic N) is 1. The van der Waals surface area contributed by atoms with Crippen LogP contribution in [0.5, 0.6) is 0 Å². The van der Waals surface area contributed by atoms with Crippen LogP contribution in [0.2, 0.25) is 0 Å². The molecule has 0 bridgehead atoms. The number of hydrogen-bond acceptors (Lipinski definition) is 4. The van der Waals surface area contributed by atoms with Crippen LogP contribution in [0, 0.1) is 0 Å². The zero-order valence-corrected chi connectivity index (χ0v) is 10.8. The van der Waals surface area contributed by atoms with E-state index in [-0.39, 0.29) is 19.6 Å². The highest BCUT2D eigenvalue weighted by Crippen LogP contribution is 2.25. The maximum atomic E-state index is 12.3. The van der Waals surface area contributed by atoms with Crippen LogP contribution in [0.1, 0.15) is 25.7 Å². The Morgan fingerprint density at radius 1 is 1.17 bits per heavy atom. The Hall–Kier alpha value is -0.700. The number of carbonyl (C=O) groups is 1. The largest absolute Gasteiger partial charge is 0.480 e. The first-order chi connectivity index (χ1) is 8.43. The topological polar surface area (TPSA) is 98.2 Å². The molecule has 7 nitrogen and oxygen atoms in total. The van der Waals surface area contributed by atoms with Crippen LogP contribution in [-0.2, 0) is 15.0 Å². The van der Waals surface area contributed by atoms with E-state index < -0.39 is 28.3 Å². The number of aliphatic carboxylic acids is 1. The molecule has 0 aromatic heterocycles. The predicted octanol–water partition coefficient (Wildman–Crippen LogP) is -0.763. The molecule has 0 aliphatic carbocycles. The van der Waals surface area contributed by atoms with E-state index in [1.807, 2.05) is 0 Å². The normalized spacial score (nSPS) is 31.6. The minimum atomic E-state index is -3.76. The molecule has 1 unspecified atom stereocenters. The summed E-state index contributed by atoms with van der Waals surface area (Å²) in [4.78, 5) is 11.1. The third-order valence-corrected chi connectivity index (χ3v) is 5.50. The van der Waals surface area contributed by atoms with Crippen molar-refractivity contribution in [2.24, 2.45) is 0 Å². The Morgan fingerprint density at radius 3 is 2.44 bits per heavy atom. The lowest BCUT2D eigenvalue weighted by Crippen LogP contribution is -2.53. The fourth-order valence-electron chi connectivity index (χ4n) is 2.50. The maximum absolute atomic E-state index is 12.3. The molecule has 0 saturated carbocycles. The molecule has 2 aliphatic heterocycles. The number of carboxylic acid groups (broad SMARTS) is 1. The molecule has 2 saturated heterocycles. The second kappa shape index (κ2) is 5.12.